The third-order valence-corrected chi connectivity index (χ3v) is 7.19. The van der Waals surface area contributed by atoms with Gasteiger partial charge in [0.05, 0.1) is 24.2 Å². The lowest BCUT2D eigenvalue weighted by Gasteiger charge is -2.23. The fraction of sp³-hybridized carbons (Fsp3) is 0.269. The smallest absolute Gasteiger partial charge is 0.237 e. The molecule has 174 valence electrons. The molecular formula is C26H27N5O2S. The Bertz CT molecular complexity index is 1230. The highest BCUT2D eigenvalue weighted by Crippen LogP contribution is 2.33. The Labute approximate surface area is 202 Å². The van der Waals surface area contributed by atoms with Gasteiger partial charge in [0.25, 0.3) is 0 Å². The first kappa shape index (κ1) is 22.4. The van der Waals surface area contributed by atoms with Crippen LogP contribution in [0.2, 0.25) is 0 Å². The van der Waals surface area contributed by atoms with Gasteiger partial charge in [-0.25, -0.2) is 4.98 Å². The Morgan fingerprint density at radius 3 is 2.76 bits per heavy atom. The van der Waals surface area contributed by atoms with Crippen LogP contribution in [0.3, 0.4) is 0 Å². The van der Waals surface area contributed by atoms with E-state index in [4.69, 9.17) is 9.72 Å². The number of nitrogens with one attached hydrogen (secondary N) is 2. The van der Waals surface area contributed by atoms with Gasteiger partial charge in [0.1, 0.15) is 5.75 Å². The summed E-state index contributed by atoms with van der Waals surface area (Å²) in [5.41, 5.74) is 4.10. The van der Waals surface area contributed by atoms with Gasteiger partial charge >= 0.3 is 0 Å². The lowest BCUT2D eigenvalue weighted by atomic mass is 10.1. The number of benzene rings is 2. The molecule has 0 aliphatic carbocycles. The zero-order valence-electron chi connectivity index (χ0n) is 19.0. The molecule has 7 nitrogen and oxygen atoms in total. The van der Waals surface area contributed by atoms with Crippen molar-refractivity contribution in [1.82, 2.24) is 25.2 Å². The molecule has 2 aromatic carbocycles. The zero-order valence-corrected chi connectivity index (χ0v) is 19.8. The number of ether oxygens (including phenoxy) is 1. The SMILES string of the molecule is COc1ccccc1CNC(=O)[C@@H]1C[C@@H](Sc2nc3ccccc3[nH]2)CN1Cc1ccncc1. The molecule has 3 heterocycles. The first-order valence-electron chi connectivity index (χ1n) is 11.3. The molecule has 0 bridgehead atoms. The van der Waals surface area contributed by atoms with Gasteiger partial charge in [0, 0.05) is 42.8 Å². The van der Waals surface area contributed by atoms with Crippen molar-refractivity contribution < 1.29 is 9.53 Å². The number of hydrogen-bond acceptors (Lipinski definition) is 6. The Morgan fingerprint density at radius 1 is 1.15 bits per heavy atom. The van der Waals surface area contributed by atoms with Crippen LogP contribution in [-0.4, -0.2) is 50.7 Å². The van der Waals surface area contributed by atoms with Crippen molar-refractivity contribution >= 4 is 28.7 Å². The van der Waals surface area contributed by atoms with E-state index >= 15 is 0 Å². The molecule has 34 heavy (non-hydrogen) atoms. The maximum Gasteiger partial charge on any atom is 0.237 e. The number of nitrogens with zero attached hydrogens (tertiary/aromatic N) is 3. The normalized spacial score (nSPS) is 18.3. The summed E-state index contributed by atoms with van der Waals surface area (Å²) in [4.78, 5) is 27.8. The maximum atomic E-state index is 13.3. The number of para-hydroxylation sites is 3. The van der Waals surface area contributed by atoms with Crippen LogP contribution in [0.15, 0.2) is 78.2 Å². The van der Waals surface area contributed by atoms with E-state index in [1.54, 1.807) is 31.3 Å². The molecule has 8 heteroatoms. The lowest BCUT2D eigenvalue weighted by Crippen LogP contribution is -2.42. The van der Waals surface area contributed by atoms with Crippen LogP contribution >= 0.6 is 11.8 Å². The van der Waals surface area contributed by atoms with Gasteiger partial charge in [-0.05, 0) is 42.3 Å². The lowest BCUT2D eigenvalue weighted by molar-refractivity contribution is -0.125. The minimum absolute atomic E-state index is 0.0349. The molecular weight excluding hydrogens is 446 g/mol. The Balaban J connectivity index is 1.30. The number of pyridine rings is 1. The second-order valence-electron chi connectivity index (χ2n) is 8.37. The molecule has 0 radical (unpaired) electrons. The third kappa shape index (κ3) is 5.08. The second kappa shape index (κ2) is 10.3. The van der Waals surface area contributed by atoms with Gasteiger partial charge < -0.3 is 15.0 Å². The van der Waals surface area contributed by atoms with Crippen LogP contribution in [0, 0.1) is 0 Å². The highest BCUT2D eigenvalue weighted by atomic mass is 32.2. The van der Waals surface area contributed by atoms with Crippen LogP contribution in [-0.2, 0) is 17.9 Å². The Morgan fingerprint density at radius 2 is 1.94 bits per heavy atom. The van der Waals surface area contributed by atoms with Crippen molar-refractivity contribution in [3.05, 3.63) is 84.2 Å². The van der Waals surface area contributed by atoms with E-state index in [2.05, 4.69) is 20.2 Å². The number of carbonyl (C=O) groups excluding carboxylic acids is 1. The molecule has 2 aromatic heterocycles. The van der Waals surface area contributed by atoms with Crippen LogP contribution in [0.4, 0.5) is 0 Å². The first-order chi connectivity index (χ1) is 16.7. The Kier molecular flexibility index (Phi) is 6.78. The van der Waals surface area contributed by atoms with Crippen LogP contribution in [0.1, 0.15) is 17.5 Å². The summed E-state index contributed by atoms with van der Waals surface area (Å²) in [5.74, 6) is 0.814. The van der Waals surface area contributed by atoms with E-state index in [-0.39, 0.29) is 17.2 Å². The maximum absolute atomic E-state index is 13.3. The minimum Gasteiger partial charge on any atom is -0.496 e. The summed E-state index contributed by atoms with van der Waals surface area (Å²) in [7, 11) is 1.65. The van der Waals surface area contributed by atoms with Crippen LogP contribution in [0.25, 0.3) is 11.0 Å². The molecule has 1 saturated heterocycles. The average molecular weight is 474 g/mol. The molecule has 1 amide bonds. The van der Waals surface area contributed by atoms with Crippen molar-refractivity contribution in [3.63, 3.8) is 0 Å². The summed E-state index contributed by atoms with van der Waals surface area (Å²) >= 11 is 1.71. The van der Waals surface area contributed by atoms with Crippen LogP contribution < -0.4 is 10.1 Å². The van der Waals surface area contributed by atoms with Crippen molar-refractivity contribution in [3.8, 4) is 5.75 Å². The third-order valence-electron chi connectivity index (χ3n) is 6.09. The largest absolute Gasteiger partial charge is 0.496 e. The predicted octanol–water partition coefficient (Wildman–Crippen LogP) is 4.02. The number of imidazole rings is 1. The molecule has 1 aliphatic heterocycles. The number of aromatic nitrogens is 3. The molecule has 0 unspecified atom stereocenters. The number of amides is 1. The topological polar surface area (TPSA) is 83.1 Å². The average Bonchev–Trinajstić information content (AvgIpc) is 3.46. The monoisotopic (exact) mass is 473 g/mol. The molecule has 0 saturated carbocycles. The summed E-state index contributed by atoms with van der Waals surface area (Å²) in [6.45, 7) is 1.94. The highest BCUT2D eigenvalue weighted by molar-refractivity contribution is 7.99. The molecule has 2 atom stereocenters. The molecule has 5 rings (SSSR count). The number of thioether (sulfide) groups is 1. The highest BCUT2D eigenvalue weighted by Gasteiger charge is 2.37. The molecule has 4 aromatic rings. The summed E-state index contributed by atoms with van der Waals surface area (Å²) in [6.07, 6.45) is 4.34. The van der Waals surface area contributed by atoms with Gasteiger partial charge in [-0.3, -0.25) is 14.7 Å². The van der Waals surface area contributed by atoms with Crippen molar-refractivity contribution in [2.24, 2.45) is 0 Å². The van der Waals surface area contributed by atoms with E-state index < -0.39 is 0 Å². The first-order valence-corrected chi connectivity index (χ1v) is 12.2. The van der Waals surface area contributed by atoms with Crippen LogP contribution in [0.5, 0.6) is 5.75 Å². The fourth-order valence-electron chi connectivity index (χ4n) is 4.41. The van der Waals surface area contributed by atoms with Crippen molar-refractivity contribution in [2.75, 3.05) is 13.7 Å². The summed E-state index contributed by atoms with van der Waals surface area (Å²) in [5, 5.41) is 4.28. The summed E-state index contributed by atoms with van der Waals surface area (Å²) < 4.78 is 5.43. The quantitative estimate of drug-likeness (QED) is 0.402. The van der Waals surface area contributed by atoms with E-state index in [1.165, 1.54) is 0 Å². The van der Waals surface area contributed by atoms with E-state index in [0.29, 0.717) is 13.1 Å². The summed E-state index contributed by atoms with van der Waals surface area (Å²) in [6, 6.07) is 19.6. The van der Waals surface area contributed by atoms with E-state index in [1.807, 2.05) is 60.7 Å². The number of rotatable bonds is 8. The standard InChI is InChI=1S/C26H27N5O2S/c1-33-24-9-5-2-6-19(24)15-28-25(32)23-14-20(17-31(23)16-18-10-12-27-13-11-18)34-26-29-21-7-3-4-8-22(21)30-26/h2-13,20,23H,14-17H2,1H3,(H,28,32)(H,29,30)/t20-,23+/m1/s1. The number of aromatic amines is 1. The van der Waals surface area contributed by atoms with Gasteiger partial charge in [-0.2, -0.15) is 0 Å². The van der Waals surface area contributed by atoms with Gasteiger partial charge in [0.2, 0.25) is 5.91 Å². The van der Waals surface area contributed by atoms with Gasteiger partial charge in [-0.15, -0.1) is 0 Å². The molecule has 1 fully saturated rings. The van der Waals surface area contributed by atoms with Gasteiger partial charge in [-0.1, -0.05) is 42.1 Å². The van der Waals surface area contributed by atoms with Crippen molar-refractivity contribution in [1.29, 1.82) is 0 Å². The predicted molar refractivity (Wildman–Crippen MR) is 134 cm³/mol. The molecule has 0 spiro atoms. The van der Waals surface area contributed by atoms with Gasteiger partial charge in [0.15, 0.2) is 5.16 Å². The van der Waals surface area contributed by atoms with E-state index in [9.17, 15) is 4.79 Å². The molecule has 1 aliphatic rings. The van der Waals surface area contributed by atoms with Crippen molar-refractivity contribution in [2.45, 2.75) is 36.0 Å². The number of methoxy groups -OCH3 is 1. The zero-order chi connectivity index (χ0) is 23.3. The number of fused-ring (bicyclic) bond motifs is 1. The fourth-order valence-corrected chi connectivity index (χ4v) is 5.59. The number of carbonyl (C=O) groups is 1. The van der Waals surface area contributed by atoms with E-state index in [0.717, 1.165) is 46.0 Å². The minimum atomic E-state index is -0.218. The molecule has 2 N–H and O–H groups in total. The Hall–Kier alpha value is -3.36. The number of H-pyrrole nitrogens is 1. The number of hydrogen-bond donors (Lipinski definition) is 2. The second-order valence-corrected chi connectivity index (χ2v) is 9.65. The number of likely N-dealkylation sites (tertiary alicyclic amines) is 1.